The summed E-state index contributed by atoms with van der Waals surface area (Å²) < 4.78 is 0. The molecule has 0 saturated carbocycles. The van der Waals surface area contributed by atoms with Crippen molar-refractivity contribution >= 4 is 39.8 Å². The molecule has 0 saturated heterocycles. The number of thiazole rings is 1. The number of nitrogens with zero attached hydrogens (tertiary/aromatic N) is 1. The SMILES string of the molecule is CC(=O)C(C(=O)CC(=O)C(O)C(=O)O)c1csc(N)n1. The number of ketones is 3. The molecule has 1 aromatic rings. The normalized spacial score (nSPS) is 13.5. The minimum Gasteiger partial charge on any atom is -0.479 e. The van der Waals surface area contributed by atoms with Gasteiger partial charge in [0.15, 0.2) is 16.7 Å². The van der Waals surface area contributed by atoms with Crippen LogP contribution in [0.5, 0.6) is 0 Å². The van der Waals surface area contributed by atoms with E-state index in [9.17, 15) is 19.2 Å². The summed E-state index contributed by atoms with van der Waals surface area (Å²) in [6.45, 7) is 1.15. The summed E-state index contributed by atoms with van der Waals surface area (Å²) in [5.74, 6) is -5.59. The second kappa shape index (κ2) is 6.35. The molecule has 0 bridgehead atoms. The van der Waals surface area contributed by atoms with Crippen molar-refractivity contribution in [1.29, 1.82) is 0 Å². The van der Waals surface area contributed by atoms with E-state index in [1.807, 2.05) is 0 Å². The van der Waals surface area contributed by atoms with Gasteiger partial charge in [0.1, 0.15) is 11.7 Å². The van der Waals surface area contributed by atoms with Crippen molar-refractivity contribution in [2.45, 2.75) is 25.4 Å². The number of carbonyl (C=O) groups is 4. The molecule has 0 spiro atoms. The molecule has 0 amide bonds. The molecule has 2 unspecified atom stereocenters. The fraction of sp³-hybridized carbons (Fsp3) is 0.364. The predicted octanol–water partition coefficient (Wildman–Crippen LogP) is -0.628. The van der Waals surface area contributed by atoms with E-state index in [-0.39, 0.29) is 10.8 Å². The van der Waals surface area contributed by atoms with Crippen LogP contribution in [0.1, 0.15) is 25.0 Å². The van der Waals surface area contributed by atoms with Crippen LogP contribution in [0.3, 0.4) is 0 Å². The van der Waals surface area contributed by atoms with Gasteiger partial charge in [-0.3, -0.25) is 14.4 Å². The van der Waals surface area contributed by atoms with Crippen LogP contribution in [0.25, 0.3) is 0 Å². The maximum Gasteiger partial charge on any atom is 0.340 e. The van der Waals surface area contributed by atoms with E-state index in [0.717, 1.165) is 18.3 Å². The van der Waals surface area contributed by atoms with Crippen molar-refractivity contribution in [3.05, 3.63) is 11.1 Å². The number of aromatic nitrogens is 1. The Labute approximate surface area is 117 Å². The summed E-state index contributed by atoms with van der Waals surface area (Å²) in [5.41, 5.74) is 5.52. The second-order valence-corrected chi connectivity index (χ2v) is 4.89. The highest BCUT2D eigenvalue weighted by Gasteiger charge is 2.32. The molecule has 9 heteroatoms. The van der Waals surface area contributed by atoms with E-state index in [2.05, 4.69) is 4.98 Å². The Bertz CT molecular complexity index is 567. The third kappa shape index (κ3) is 3.68. The summed E-state index contributed by atoms with van der Waals surface area (Å²) in [5, 5.41) is 19.1. The lowest BCUT2D eigenvalue weighted by Gasteiger charge is -2.10. The number of carboxylic acids is 1. The standard InChI is InChI=1S/C11H12N2O6S/c1-4(14)8(5-3-20-11(12)13-5)6(15)2-7(16)9(17)10(18)19/h3,8-9,17H,2H2,1H3,(H2,12,13)(H,18,19). The quantitative estimate of drug-likeness (QED) is 0.564. The summed E-state index contributed by atoms with van der Waals surface area (Å²) in [6.07, 6.45) is -3.15. The van der Waals surface area contributed by atoms with Gasteiger partial charge < -0.3 is 15.9 Å². The number of hydrogen-bond acceptors (Lipinski definition) is 8. The average molecular weight is 300 g/mol. The van der Waals surface area contributed by atoms with Gasteiger partial charge in [-0.15, -0.1) is 11.3 Å². The Kier molecular flexibility index (Phi) is 5.06. The summed E-state index contributed by atoms with van der Waals surface area (Å²) >= 11 is 1.03. The summed E-state index contributed by atoms with van der Waals surface area (Å²) in [6, 6.07) is 0. The molecule has 2 atom stereocenters. The molecule has 20 heavy (non-hydrogen) atoms. The maximum atomic E-state index is 11.9. The zero-order valence-electron chi connectivity index (χ0n) is 10.4. The van der Waals surface area contributed by atoms with Crippen LogP contribution in [-0.4, -0.2) is 44.6 Å². The van der Waals surface area contributed by atoms with Gasteiger partial charge in [-0.1, -0.05) is 0 Å². The number of carbonyl (C=O) groups excluding carboxylic acids is 3. The van der Waals surface area contributed by atoms with E-state index in [0.29, 0.717) is 0 Å². The molecule has 1 heterocycles. The Morgan fingerprint density at radius 1 is 1.35 bits per heavy atom. The number of hydrogen-bond donors (Lipinski definition) is 3. The first-order chi connectivity index (χ1) is 9.23. The van der Waals surface area contributed by atoms with Crippen molar-refractivity contribution in [3.63, 3.8) is 0 Å². The van der Waals surface area contributed by atoms with E-state index < -0.39 is 41.8 Å². The third-order valence-corrected chi connectivity index (χ3v) is 3.14. The van der Waals surface area contributed by atoms with Crippen LogP contribution < -0.4 is 5.73 Å². The Morgan fingerprint density at radius 2 is 1.95 bits per heavy atom. The number of Topliss-reactive ketones (excluding diaryl/α,β-unsaturated/α-hetero) is 3. The smallest absolute Gasteiger partial charge is 0.340 e. The average Bonchev–Trinajstić information content (AvgIpc) is 2.73. The van der Waals surface area contributed by atoms with Crippen LogP contribution in [0.2, 0.25) is 0 Å². The molecule has 1 rings (SSSR count). The number of aliphatic hydroxyl groups excluding tert-OH is 1. The van der Waals surface area contributed by atoms with E-state index >= 15 is 0 Å². The lowest BCUT2D eigenvalue weighted by molar-refractivity contribution is -0.152. The molecule has 108 valence electrons. The first-order valence-electron chi connectivity index (χ1n) is 5.41. The molecule has 0 aliphatic heterocycles. The second-order valence-electron chi connectivity index (χ2n) is 4.00. The first kappa shape index (κ1) is 15.9. The van der Waals surface area contributed by atoms with Gasteiger partial charge in [-0.05, 0) is 6.92 Å². The zero-order valence-corrected chi connectivity index (χ0v) is 11.2. The van der Waals surface area contributed by atoms with Crippen molar-refractivity contribution in [2.24, 2.45) is 0 Å². The van der Waals surface area contributed by atoms with Crippen LogP contribution in [-0.2, 0) is 19.2 Å². The van der Waals surface area contributed by atoms with Gasteiger partial charge >= 0.3 is 5.97 Å². The highest BCUT2D eigenvalue weighted by atomic mass is 32.1. The Morgan fingerprint density at radius 3 is 2.35 bits per heavy atom. The minimum absolute atomic E-state index is 0.114. The van der Waals surface area contributed by atoms with Crippen LogP contribution >= 0.6 is 11.3 Å². The van der Waals surface area contributed by atoms with Gasteiger partial charge in [0.05, 0.1) is 12.1 Å². The highest BCUT2D eigenvalue weighted by Crippen LogP contribution is 2.23. The van der Waals surface area contributed by atoms with Gasteiger partial charge in [0.2, 0.25) is 6.10 Å². The number of aliphatic carboxylic acids is 1. The Balaban J connectivity index is 2.89. The molecule has 0 aliphatic carbocycles. The first-order valence-corrected chi connectivity index (χ1v) is 6.29. The van der Waals surface area contributed by atoms with Gasteiger partial charge in [0, 0.05) is 5.38 Å². The third-order valence-electron chi connectivity index (χ3n) is 2.45. The number of anilines is 1. The fourth-order valence-electron chi connectivity index (χ4n) is 1.54. The molecule has 0 radical (unpaired) electrons. The van der Waals surface area contributed by atoms with Crippen molar-refractivity contribution < 1.29 is 29.4 Å². The predicted molar refractivity (Wildman–Crippen MR) is 68.2 cm³/mol. The molecule has 4 N–H and O–H groups in total. The van der Waals surface area contributed by atoms with E-state index in [1.54, 1.807) is 0 Å². The minimum atomic E-state index is -2.29. The zero-order chi connectivity index (χ0) is 15.4. The number of aliphatic hydroxyl groups is 1. The lowest BCUT2D eigenvalue weighted by Crippen LogP contribution is -2.33. The highest BCUT2D eigenvalue weighted by molar-refractivity contribution is 7.13. The number of nitrogen functional groups attached to an aromatic ring is 1. The molecular weight excluding hydrogens is 288 g/mol. The van der Waals surface area contributed by atoms with Crippen LogP contribution in [0, 0.1) is 0 Å². The Hall–Kier alpha value is -2.13. The van der Waals surface area contributed by atoms with Gasteiger partial charge in [0.25, 0.3) is 0 Å². The topological polar surface area (TPSA) is 148 Å². The van der Waals surface area contributed by atoms with Crippen LogP contribution in [0.15, 0.2) is 5.38 Å². The van der Waals surface area contributed by atoms with Crippen LogP contribution in [0.4, 0.5) is 5.13 Å². The lowest BCUT2D eigenvalue weighted by atomic mass is 9.92. The largest absolute Gasteiger partial charge is 0.479 e. The molecule has 1 aromatic heterocycles. The van der Waals surface area contributed by atoms with Gasteiger partial charge in [-0.25, -0.2) is 9.78 Å². The number of carboxylic acid groups (broad SMARTS) is 1. The van der Waals surface area contributed by atoms with E-state index in [1.165, 1.54) is 5.38 Å². The summed E-state index contributed by atoms with van der Waals surface area (Å²) in [4.78, 5) is 49.0. The maximum absolute atomic E-state index is 11.9. The van der Waals surface area contributed by atoms with Gasteiger partial charge in [-0.2, -0.15) is 0 Å². The molecule has 0 aliphatic rings. The fourth-order valence-corrected chi connectivity index (χ4v) is 2.13. The monoisotopic (exact) mass is 300 g/mol. The van der Waals surface area contributed by atoms with Crippen molar-refractivity contribution in [2.75, 3.05) is 5.73 Å². The number of rotatable bonds is 7. The molecule has 8 nitrogen and oxygen atoms in total. The molecule has 0 fully saturated rings. The molecule has 0 aromatic carbocycles. The van der Waals surface area contributed by atoms with Crippen molar-refractivity contribution in [3.8, 4) is 0 Å². The number of nitrogens with two attached hydrogens (primary N) is 1. The van der Waals surface area contributed by atoms with Crippen molar-refractivity contribution in [1.82, 2.24) is 4.98 Å². The van der Waals surface area contributed by atoms with E-state index in [4.69, 9.17) is 15.9 Å². The summed E-state index contributed by atoms with van der Waals surface area (Å²) in [7, 11) is 0. The molecular formula is C11H12N2O6S.